The number of carbonyl (C=O) groups is 1. The third kappa shape index (κ3) is 3.45. The lowest BCUT2D eigenvalue weighted by atomic mass is 9.97. The van der Waals surface area contributed by atoms with E-state index in [-0.39, 0.29) is 23.7 Å². The molecule has 9 nitrogen and oxygen atoms in total. The molecule has 2 aromatic carbocycles. The summed E-state index contributed by atoms with van der Waals surface area (Å²) in [5, 5.41) is 3.02. The molecule has 11 heteroatoms. The molecule has 4 aliphatic heterocycles. The van der Waals surface area contributed by atoms with Gasteiger partial charge in [0.05, 0.1) is 48.4 Å². The number of hydrogen-bond donors (Lipinski definition) is 1. The summed E-state index contributed by atoms with van der Waals surface area (Å²) in [6.45, 7) is -1.58. The van der Waals surface area contributed by atoms with E-state index in [1.54, 1.807) is 12.1 Å². The van der Waals surface area contributed by atoms with Crippen LogP contribution in [-0.2, 0) is 4.74 Å². The zero-order chi connectivity index (χ0) is 26.2. The van der Waals surface area contributed by atoms with Gasteiger partial charge in [0.1, 0.15) is 11.6 Å². The van der Waals surface area contributed by atoms with Crippen molar-refractivity contribution in [1.29, 1.82) is 0 Å². The first-order valence-corrected chi connectivity index (χ1v) is 13.1. The quantitative estimate of drug-likeness (QED) is 0.422. The molecule has 2 saturated heterocycles. The minimum Gasteiger partial charge on any atom is -0.434 e. The van der Waals surface area contributed by atoms with Crippen molar-refractivity contribution in [3.05, 3.63) is 65.7 Å². The Morgan fingerprint density at radius 2 is 1.85 bits per heavy atom. The molecule has 2 fully saturated rings. The standard InChI is InChI=1S/C28H24F2N6O3/c29-27(30)39-23-3-1-2-18-24(23)22-9-20(34-26(18)37)25-33-19-7-4-14(8-21(19)36(22)25)15-10-31-28(32-11-15)35-16-5-6-17(35)13-38-12-16/h1-4,7-8,10-11,16-17,20,22,27H,5-6,9,12-13H2,(H,34,37)/t16-,17+,20-,22-/m1/s1. The maximum atomic E-state index is 13.3. The second-order valence-electron chi connectivity index (χ2n) is 10.5. The van der Waals surface area contributed by atoms with Gasteiger partial charge in [-0.25, -0.2) is 15.0 Å². The number of alkyl halides is 2. The van der Waals surface area contributed by atoms with E-state index >= 15 is 0 Å². The summed E-state index contributed by atoms with van der Waals surface area (Å²) in [7, 11) is 0. The second kappa shape index (κ2) is 8.44. The van der Waals surface area contributed by atoms with Gasteiger partial charge < -0.3 is 24.3 Å². The molecule has 4 bridgehead atoms. The van der Waals surface area contributed by atoms with Gasteiger partial charge >= 0.3 is 6.61 Å². The minimum absolute atomic E-state index is 0.00947. The Morgan fingerprint density at radius 3 is 2.62 bits per heavy atom. The van der Waals surface area contributed by atoms with Crippen LogP contribution in [0.15, 0.2) is 48.8 Å². The number of halogens is 2. The highest BCUT2D eigenvalue weighted by atomic mass is 19.3. The molecule has 0 aliphatic carbocycles. The van der Waals surface area contributed by atoms with Crippen LogP contribution in [0.1, 0.15) is 53.1 Å². The molecule has 39 heavy (non-hydrogen) atoms. The lowest BCUT2D eigenvalue weighted by Gasteiger charge is -2.34. The number of ether oxygens (including phenoxy) is 2. The van der Waals surface area contributed by atoms with E-state index in [1.807, 2.05) is 35.2 Å². The lowest BCUT2D eigenvalue weighted by molar-refractivity contribution is -0.0507. The van der Waals surface area contributed by atoms with E-state index < -0.39 is 6.61 Å². The van der Waals surface area contributed by atoms with E-state index in [2.05, 4.69) is 10.2 Å². The molecule has 1 N–H and O–H groups in total. The third-order valence-electron chi connectivity index (χ3n) is 8.41. The summed E-state index contributed by atoms with van der Waals surface area (Å²) in [4.78, 5) is 29.5. The van der Waals surface area contributed by atoms with E-state index in [0.29, 0.717) is 48.7 Å². The highest BCUT2D eigenvalue weighted by molar-refractivity contribution is 5.98. The first-order chi connectivity index (χ1) is 19.0. The summed E-state index contributed by atoms with van der Waals surface area (Å²) in [5.41, 5.74) is 4.18. The van der Waals surface area contributed by atoms with Gasteiger partial charge in [0.15, 0.2) is 0 Å². The second-order valence-corrected chi connectivity index (χ2v) is 10.5. The van der Waals surface area contributed by atoms with Crippen molar-refractivity contribution in [2.75, 3.05) is 18.1 Å². The zero-order valence-corrected chi connectivity index (χ0v) is 20.8. The summed E-state index contributed by atoms with van der Waals surface area (Å²) in [6.07, 6.45) is 6.37. The Bertz CT molecular complexity index is 1610. The van der Waals surface area contributed by atoms with Gasteiger partial charge in [0, 0.05) is 29.1 Å². The van der Waals surface area contributed by atoms with Crippen LogP contribution >= 0.6 is 0 Å². The van der Waals surface area contributed by atoms with E-state index in [9.17, 15) is 13.6 Å². The number of anilines is 1. The van der Waals surface area contributed by atoms with Crippen LogP contribution in [0, 0.1) is 0 Å². The van der Waals surface area contributed by atoms with Crippen LogP contribution in [0.25, 0.3) is 22.2 Å². The molecule has 0 spiro atoms. The highest BCUT2D eigenvalue weighted by Crippen LogP contribution is 2.47. The number of benzene rings is 2. The number of amides is 1. The summed E-state index contributed by atoms with van der Waals surface area (Å²) >= 11 is 0. The number of morpholine rings is 1. The number of rotatable bonds is 4. The Hall–Kier alpha value is -4.12. The smallest absolute Gasteiger partial charge is 0.387 e. The predicted octanol–water partition coefficient (Wildman–Crippen LogP) is 4.24. The molecule has 2 aromatic heterocycles. The fourth-order valence-corrected chi connectivity index (χ4v) is 6.75. The molecular weight excluding hydrogens is 506 g/mol. The lowest BCUT2D eigenvalue weighted by Crippen LogP contribution is -2.46. The molecule has 4 atom stereocenters. The van der Waals surface area contributed by atoms with Crippen LogP contribution < -0.4 is 15.0 Å². The van der Waals surface area contributed by atoms with Crippen LogP contribution in [0.3, 0.4) is 0 Å². The van der Waals surface area contributed by atoms with Crippen LogP contribution in [0.4, 0.5) is 14.7 Å². The van der Waals surface area contributed by atoms with E-state index in [4.69, 9.17) is 24.4 Å². The molecule has 1 amide bonds. The maximum Gasteiger partial charge on any atom is 0.387 e. The van der Waals surface area contributed by atoms with Gasteiger partial charge in [-0.1, -0.05) is 12.1 Å². The predicted molar refractivity (Wildman–Crippen MR) is 137 cm³/mol. The average Bonchev–Trinajstić information content (AvgIpc) is 3.52. The summed E-state index contributed by atoms with van der Waals surface area (Å²) in [6, 6.07) is 10.6. The summed E-state index contributed by atoms with van der Waals surface area (Å²) in [5.74, 6) is 1.12. The van der Waals surface area contributed by atoms with Crippen molar-refractivity contribution in [2.24, 2.45) is 0 Å². The Labute approximate surface area is 221 Å². The largest absolute Gasteiger partial charge is 0.434 e. The highest BCUT2D eigenvalue weighted by Gasteiger charge is 2.42. The fraction of sp³-hybridized carbons (Fsp3) is 0.357. The number of aromatic nitrogens is 4. The molecular formula is C28H24F2N6O3. The molecule has 8 rings (SSSR count). The van der Waals surface area contributed by atoms with Crippen molar-refractivity contribution in [3.63, 3.8) is 0 Å². The molecule has 4 aromatic rings. The van der Waals surface area contributed by atoms with Crippen molar-refractivity contribution < 1.29 is 23.0 Å². The topological polar surface area (TPSA) is 94.4 Å². The first-order valence-electron chi connectivity index (χ1n) is 13.1. The Morgan fingerprint density at radius 1 is 1.05 bits per heavy atom. The number of fused-ring (bicyclic) bond motifs is 11. The molecule has 4 aliphatic rings. The zero-order valence-electron chi connectivity index (χ0n) is 20.8. The van der Waals surface area contributed by atoms with Crippen LogP contribution in [0.2, 0.25) is 0 Å². The number of nitrogens with zero attached hydrogens (tertiary/aromatic N) is 5. The molecule has 0 saturated carbocycles. The molecule has 0 radical (unpaired) electrons. The summed E-state index contributed by atoms with van der Waals surface area (Å²) < 4.78 is 39.2. The fourth-order valence-electron chi connectivity index (χ4n) is 6.75. The van der Waals surface area contributed by atoms with E-state index in [0.717, 1.165) is 41.0 Å². The van der Waals surface area contributed by atoms with Crippen molar-refractivity contribution >= 4 is 22.9 Å². The van der Waals surface area contributed by atoms with Crippen LogP contribution in [0.5, 0.6) is 5.75 Å². The minimum atomic E-state index is -3.00. The third-order valence-corrected chi connectivity index (χ3v) is 8.41. The van der Waals surface area contributed by atoms with Gasteiger partial charge in [0.2, 0.25) is 5.95 Å². The maximum absolute atomic E-state index is 13.3. The van der Waals surface area contributed by atoms with Crippen molar-refractivity contribution in [3.8, 4) is 16.9 Å². The molecule has 198 valence electrons. The number of imidazole rings is 1. The Balaban J connectivity index is 1.20. The number of carbonyl (C=O) groups excluding carboxylic acids is 1. The van der Waals surface area contributed by atoms with E-state index in [1.165, 1.54) is 6.07 Å². The molecule has 0 unspecified atom stereocenters. The van der Waals surface area contributed by atoms with Crippen LogP contribution in [-0.4, -0.2) is 57.3 Å². The first kappa shape index (κ1) is 22.8. The van der Waals surface area contributed by atoms with Crippen molar-refractivity contribution in [2.45, 2.75) is 50.0 Å². The number of nitrogens with one attached hydrogen (secondary N) is 1. The van der Waals surface area contributed by atoms with Gasteiger partial charge in [-0.05, 0) is 49.1 Å². The SMILES string of the molecule is O=C1N[C@@H]2C[C@H](c3c(OC(F)F)cccc31)n1c2nc2ccc(-c3cnc(N4[C@@H]5CC[C@H]4COC5)nc3)cc21. The van der Waals surface area contributed by atoms with Crippen molar-refractivity contribution in [1.82, 2.24) is 24.8 Å². The van der Waals surface area contributed by atoms with Gasteiger partial charge in [-0.2, -0.15) is 8.78 Å². The normalized spacial score (nSPS) is 25.0. The van der Waals surface area contributed by atoms with Gasteiger partial charge in [-0.15, -0.1) is 0 Å². The van der Waals surface area contributed by atoms with Gasteiger partial charge in [0.25, 0.3) is 5.91 Å². The monoisotopic (exact) mass is 530 g/mol. The van der Waals surface area contributed by atoms with Gasteiger partial charge in [-0.3, -0.25) is 4.79 Å². The average molecular weight is 531 g/mol. The Kier molecular flexibility index (Phi) is 4.94. The molecule has 6 heterocycles. The number of hydrogen-bond acceptors (Lipinski definition) is 7.